The molecule has 0 unspecified atom stereocenters. The summed E-state index contributed by atoms with van der Waals surface area (Å²) in [5.41, 5.74) is -2.40. The van der Waals surface area contributed by atoms with E-state index in [0.29, 0.717) is 0 Å². The molecule has 1 aromatic heterocycles. The van der Waals surface area contributed by atoms with E-state index in [1.807, 2.05) is 0 Å². The second kappa shape index (κ2) is 4.25. The van der Waals surface area contributed by atoms with Crippen LogP contribution >= 0.6 is 0 Å². The molecule has 0 spiro atoms. The van der Waals surface area contributed by atoms with E-state index in [0.717, 1.165) is 0 Å². The fourth-order valence-electron chi connectivity index (χ4n) is 1.57. The van der Waals surface area contributed by atoms with E-state index in [1.165, 1.54) is 0 Å². The number of halogens is 9. The Morgan fingerprint density at radius 2 is 1.05 bits per heavy atom. The van der Waals surface area contributed by atoms with Crippen molar-refractivity contribution in [3.63, 3.8) is 0 Å². The summed E-state index contributed by atoms with van der Waals surface area (Å²) >= 11 is 0. The highest BCUT2D eigenvalue weighted by molar-refractivity contribution is 5.87. The van der Waals surface area contributed by atoms with Crippen LogP contribution in [0.3, 0.4) is 0 Å². The van der Waals surface area contributed by atoms with Crippen LogP contribution < -0.4 is 0 Å². The molecule has 0 aliphatic rings. The van der Waals surface area contributed by atoms with E-state index >= 15 is 0 Å². The van der Waals surface area contributed by atoms with Gasteiger partial charge < -0.3 is 0 Å². The summed E-state index contributed by atoms with van der Waals surface area (Å²) in [6, 6.07) is 0. The highest BCUT2D eigenvalue weighted by atomic mass is 19.4. The second-order valence-electron chi connectivity index (χ2n) is 3.57. The van der Waals surface area contributed by atoms with E-state index in [4.69, 9.17) is 0 Å². The first-order chi connectivity index (χ1) is 9.07. The molecular formula is C10F9N. The van der Waals surface area contributed by atoms with Gasteiger partial charge in [0.15, 0.2) is 34.8 Å². The predicted octanol–water partition coefficient (Wildman–Crippen LogP) is 4.09. The molecule has 2 rings (SSSR count). The van der Waals surface area contributed by atoms with Crippen molar-refractivity contribution >= 4 is 10.8 Å². The average molecular weight is 305 g/mol. The van der Waals surface area contributed by atoms with Crippen molar-refractivity contribution in [3.8, 4) is 0 Å². The molecule has 2 aromatic rings. The zero-order valence-corrected chi connectivity index (χ0v) is 8.85. The van der Waals surface area contributed by atoms with Crippen molar-refractivity contribution in [1.82, 2.24) is 4.98 Å². The third-order valence-corrected chi connectivity index (χ3v) is 2.38. The van der Waals surface area contributed by atoms with Gasteiger partial charge in [-0.25, -0.2) is 26.9 Å². The van der Waals surface area contributed by atoms with Gasteiger partial charge in [-0.15, -0.1) is 0 Å². The largest absolute Gasteiger partial charge is 0.434 e. The number of nitrogens with zero attached hydrogens (tertiary/aromatic N) is 1. The van der Waals surface area contributed by atoms with Crippen LogP contribution in [0.1, 0.15) is 5.69 Å². The lowest BCUT2D eigenvalue weighted by atomic mass is 10.1. The first-order valence-corrected chi connectivity index (χ1v) is 4.65. The van der Waals surface area contributed by atoms with Crippen molar-refractivity contribution in [3.05, 3.63) is 40.7 Å². The van der Waals surface area contributed by atoms with Crippen LogP contribution in [0.15, 0.2) is 0 Å². The van der Waals surface area contributed by atoms with Crippen molar-refractivity contribution in [2.24, 2.45) is 0 Å². The van der Waals surface area contributed by atoms with Crippen LogP contribution in [0.5, 0.6) is 0 Å². The number of benzene rings is 1. The zero-order chi connectivity index (χ0) is 15.4. The smallest absolute Gasteiger partial charge is 0.212 e. The molecule has 0 aliphatic carbocycles. The van der Waals surface area contributed by atoms with Gasteiger partial charge in [-0.05, 0) is 0 Å². The van der Waals surface area contributed by atoms with Gasteiger partial charge in [0.25, 0.3) is 0 Å². The number of hydrogen-bond donors (Lipinski definition) is 0. The molecule has 0 N–H and O–H groups in total. The SMILES string of the molecule is Fc1nc(C(F)(F)F)c2c(F)c(F)c(F)c(F)c2c1F. The highest BCUT2D eigenvalue weighted by Gasteiger charge is 2.40. The monoisotopic (exact) mass is 305 g/mol. The van der Waals surface area contributed by atoms with Gasteiger partial charge in [0.05, 0.1) is 10.8 Å². The Morgan fingerprint density at radius 3 is 1.50 bits per heavy atom. The van der Waals surface area contributed by atoms with Crippen molar-refractivity contribution in [2.75, 3.05) is 0 Å². The zero-order valence-electron chi connectivity index (χ0n) is 8.85. The maximum absolute atomic E-state index is 13.3. The highest BCUT2D eigenvalue weighted by Crippen LogP contribution is 2.38. The van der Waals surface area contributed by atoms with Gasteiger partial charge in [-0.1, -0.05) is 0 Å². The molecule has 1 nitrogen and oxygen atoms in total. The third-order valence-electron chi connectivity index (χ3n) is 2.38. The van der Waals surface area contributed by atoms with Crippen LogP contribution in [-0.2, 0) is 6.18 Å². The first kappa shape index (κ1) is 14.4. The molecule has 1 heterocycles. The molecule has 10 heteroatoms. The number of pyridine rings is 1. The van der Waals surface area contributed by atoms with Gasteiger partial charge in [0, 0.05) is 0 Å². The summed E-state index contributed by atoms with van der Waals surface area (Å²) in [6.07, 6.45) is -5.54. The standard InChI is InChI=1S/C10F9N/c11-3-1-2(4(12)7(15)6(3)14)8(10(17,18)19)20-9(16)5(1)13. The number of fused-ring (bicyclic) bond motifs is 1. The van der Waals surface area contributed by atoms with E-state index in [1.54, 1.807) is 0 Å². The van der Waals surface area contributed by atoms with Gasteiger partial charge in [0.2, 0.25) is 5.95 Å². The molecule has 0 saturated heterocycles. The minimum Gasteiger partial charge on any atom is -0.212 e. The summed E-state index contributed by atoms with van der Waals surface area (Å²) in [4.78, 5) is 2.08. The maximum atomic E-state index is 13.3. The minimum atomic E-state index is -5.54. The Bertz CT molecular complexity index is 719. The molecule has 0 radical (unpaired) electrons. The lowest BCUT2D eigenvalue weighted by Crippen LogP contribution is -2.14. The van der Waals surface area contributed by atoms with Gasteiger partial charge in [-0.2, -0.15) is 17.6 Å². The molecule has 0 aliphatic heterocycles. The van der Waals surface area contributed by atoms with Crippen LogP contribution in [0.4, 0.5) is 39.5 Å². The quantitative estimate of drug-likeness (QED) is 0.309. The van der Waals surface area contributed by atoms with Crippen molar-refractivity contribution < 1.29 is 39.5 Å². The lowest BCUT2D eigenvalue weighted by molar-refractivity contribution is -0.140. The minimum absolute atomic E-state index is 2.00. The first-order valence-electron chi connectivity index (χ1n) is 4.65. The van der Waals surface area contributed by atoms with Crippen molar-refractivity contribution in [2.45, 2.75) is 6.18 Å². The van der Waals surface area contributed by atoms with E-state index in [-0.39, 0.29) is 0 Å². The number of alkyl halides is 3. The molecule has 0 bridgehead atoms. The topological polar surface area (TPSA) is 12.9 Å². The van der Waals surface area contributed by atoms with Crippen LogP contribution in [0.2, 0.25) is 0 Å². The average Bonchev–Trinajstić information content (AvgIpc) is 2.35. The Morgan fingerprint density at radius 1 is 0.600 bits per heavy atom. The normalized spacial score (nSPS) is 12.2. The summed E-state index contributed by atoms with van der Waals surface area (Å²) < 4.78 is 116. The van der Waals surface area contributed by atoms with E-state index in [9.17, 15) is 39.5 Å². The van der Waals surface area contributed by atoms with E-state index < -0.39 is 57.7 Å². The maximum Gasteiger partial charge on any atom is 0.434 e. The summed E-state index contributed by atoms with van der Waals surface area (Å²) in [5.74, 6) is -14.9. The molecular weight excluding hydrogens is 305 g/mol. The van der Waals surface area contributed by atoms with Gasteiger partial charge >= 0.3 is 6.18 Å². The van der Waals surface area contributed by atoms with Crippen LogP contribution in [-0.4, -0.2) is 4.98 Å². The molecule has 0 fully saturated rings. The Labute approximate surface area is 103 Å². The van der Waals surface area contributed by atoms with E-state index in [2.05, 4.69) is 4.98 Å². The second-order valence-corrected chi connectivity index (χ2v) is 3.57. The lowest BCUT2D eigenvalue weighted by Gasteiger charge is -2.12. The summed E-state index contributed by atoms with van der Waals surface area (Å²) in [7, 11) is 0. The molecule has 0 atom stereocenters. The fraction of sp³-hybridized carbons (Fsp3) is 0.100. The molecule has 0 saturated carbocycles. The number of rotatable bonds is 0. The van der Waals surface area contributed by atoms with Crippen molar-refractivity contribution in [1.29, 1.82) is 0 Å². The van der Waals surface area contributed by atoms with Crippen LogP contribution in [0, 0.1) is 35.0 Å². The molecule has 108 valence electrons. The Balaban J connectivity index is 3.17. The van der Waals surface area contributed by atoms with Gasteiger partial charge in [-0.3, -0.25) is 0 Å². The summed E-state index contributed by atoms with van der Waals surface area (Å²) in [6.45, 7) is 0. The molecule has 0 amide bonds. The summed E-state index contributed by atoms with van der Waals surface area (Å²) in [5, 5.41) is -4.02. The Hall–Kier alpha value is -2.00. The van der Waals surface area contributed by atoms with Gasteiger partial charge in [0.1, 0.15) is 0 Å². The fourth-order valence-corrected chi connectivity index (χ4v) is 1.57. The molecule has 1 aromatic carbocycles. The van der Waals surface area contributed by atoms with Crippen LogP contribution in [0.25, 0.3) is 10.8 Å². The Kier molecular flexibility index (Phi) is 3.06. The number of aromatic nitrogens is 1. The third kappa shape index (κ3) is 1.86. The predicted molar refractivity (Wildman–Crippen MR) is 46.5 cm³/mol. The number of hydrogen-bond acceptors (Lipinski definition) is 1. The molecule has 20 heavy (non-hydrogen) atoms.